The Morgan fingerprint density at radius 2 is 2.00 bits per heavy atom. The highest BCUT2D eigenvalue weighted by atomic mass is 16.2. The number of aryl methyl sites for hydroxylation is 3. The van der Waals surface area contributed by atoms with Crippen LogP contribution in [0.5, 0.6) is 0 Å². The summed E-state index contributed by atoms with van der Waals surface area (Å²) in [4.78, 5) is 28.9. The van der Waals surface area contributed by atoms with E-state index < -0.39 is 0 Å². The van der Waals surface area contributed by atoms with Crippen molar-refractivity contribution in [1.82, 2.24) is 34.9 Å². The number of hydrogen-bond donors (Lipinski definition) is 1. The minimum Gasteiger partial charge on any atom is -0.352 e. The summed E-state index contributed by atoms with van der Waals surface area (Å²) in [6.07, 6.45) is 5.93. The summed E-state index contributed by atoms with van der Waals surface area (Å²) in [6, 6.07) is -0.00899. The van der Waals surface area contributed by atoms with Crippen LogP contribution in [0.3, 0.4) is 0 Å². The first-order chi connectivity index (χ1) is 12.1. The number of nitrogens with one attached hydrogen (secondary N) is 1. The van der Waals surface area contributed by atoms with E-state index in [9.17, 15) is 4.79 Å². The molecule has 3 rings (SSSR count). The lowest BCUT2D eigenvalue weighted by atomic mass is 10.3. The van der Waals surface area contributed by atoms with Gasteiger partial charge in [-0.2, -0.15) is 5.10 Å². The van der Waals surface area contributed by atoms with Gasteiger partial charge >= 0.3 is 6.03 Å². The summed E-state index contributed by atoms with van der Waals surface area (Å²) < 4.78 is 1.88. The van der Waals surface area contributed by atoms with Gasteiger partial charge in [-0.15, -0.1) is 0 Å². The molecular weight excluding hydrogens is 320 g/mol. The molecule has 3 heterocycles. The Morgan fingerprint density at radius 1 is 1.20 bits per heavy atom. The number of amides is 2. The molecule has 1 aliphatic heterocycles. The first kappa shape index (κ1) is 17.1. The Kier molecular flexibility index (Phi) is 5.42. The van der Waals surface area contributed by atoms with E-state index in [1.54, 1.807) is 18.6 Å². The van der Waals surface area contributed by atoms with Gasteiger partial charge in [0.05, 0.1) is 6.20 Å². The Morgan fingerprint density at radius 3 is 2.64 bits per heavy atom. The number of piperazine rings is 1. The molecule has 0 bridgehead atoms. The van der Waals surface area contributed by atoms with E-state index in [4.69, 9.17) is 0 Å². The van der Waals surface area contributed by atoms with Crippen molar-refractivity contribution in [2.24, 2.45) is 0 Å². The van der Waals surface area contributed by atoms with Crippen molar-refractivity contribution in [2.75, 3.05) is 37.6 Å². The molecule has 0 atom stereocenters. The zero-order valence-corrected chi connectivity index (χ0v) is 14.7. The fourth-order valence-electron chi connectivity index (χ4n) is 2.90. The van der Waals surface area contributed by atoms with Gasteiger partial charge in [0.1, 0.15) is 17.5 Å². The summed E-state index contributed by atoms with van der Waals surface area (Å²) in [7, 11) is 0. The number of nitrogens with zero attached hydrogens (tertiary/aromatic N) is 7. The molecule has 0 radical (unpaired) electrons. The minimum atomic E-state index is -0.00899. The molecule has 2 aromatic heterocycles. The van der Waals surface area contributed by atoms with Crippen molar-refractivity contribution < 1.29 is 4.79 Å². The molecule has 0 aromatic carbocycles. The van der Waals surface area contributed by atoms with Gasteiger partial charge in [0.2, 0.25) is 0 Å². The average molecular weight is 344 g/mol. The molecule has 9 heteroatoms. The molecule has 1 N–H and O–H groups in total. The van der Waals surface area contributed by atoms with Gasteiger partial charge in [-0.05, 0) is 20.3 Å². The van der Waals surface area contributed by atoms with Gasteiger partial charge in [0.15, 0.2) is 0 Å². The summed E-state index contributed by atoms with van der Waals surface area (Å²) in [5.74, 6) is 2.55. The minimum absolute atomic E-state index is 0.00899. The predicted octanol–water partition coefficient (Wildman–Crippen LogP) is 0.607. The highest BCUT2D eigenvalue weighted by Gasteiger charge is 2.21. The van der Waals surface area contributed by atoms with Crippen molar-refractivity contribution >= 4 is 11.8 Å². The monoisotopic (exact) mass is 344 g/mol. The van der Waals surface area contributed by atoms with E-state index in [1.165, 1.54) is 0 Å². The largest absolute Gasteiger partial charge is 0.352 e. The van der Waals surface area contributed by atoms with Crippen LogP contribution in [0, 0.1) is 13.8 Å². The highest BCUT2D eigenvalue weighted by molar-refractivity contribution is 5.74. The van der Waals surface area contributed by atoms with Crippen LogP contribution in [0.25, 0.3) is 0 Å². The molecule has 1 saturated heterocycles. The summed E-state index contributed by atoms with van der Waals surface area (Å²) >= 11 is 0. The first-order valence-electron chi connectivity index (χ1n) is 8.55. The summed E-state index contributed by atoms with van der Waals surface area (Å²) in [5, 5.41) is 7.30. The van der Waals surface area contributed by atoms with Gasteiger partial charge in [-0.3, -0.25) is 9.67 Å². The van der Waals surface area contributed by atoms with Gasteiger partial charge in [-0.25, -0.2) is 14.8 Å². The molecule has 25 heavy (non-hydrogen) atoms. The van der Waals surface area contributed by atoms with Gasteiger partial charge in [0.25, 0.3) is 0 Å². The zero-order valence-electron chi connectivity index (χ0n) is 14.7. The number of carbonyl (C=O) groups is 1. The number of carbonyl (C=O) groups excluding carboxylic acids is 1. The Bertz CT molecular complexity index is 693. The third-order valence-corrected chi connectivity index (χ3v) is 4.23. The third-order valence-electron chi connectivity index (χ3n) is 4.23. The molecule has 1 fully saturated rings. The lowest BCUT2D eigenvalue weighted by Crippen LogP contribution is -2.52. The van der Waals surface area contributed by atoms with Crippen LogP contribution in [0.1, 0.15) is 18.1 Å². The van der Waals surface area contributed by atoms with Gasteiger partial charge in [0, 0.05) is 51.7 Å². The molecule has 2 amide bonds. The molecule has 0 aliphatic carbocycles. The predicted molar refractivity (Wildman–Crippen MR) is 93.3 cm³/mol. The Balaban J connectivity index is 1.37. The lowest BCUT2D eigenvalue weighted by molar-refractivity contribution is 0.194. The molecule has 134 valence electrons. The van der Waals surface area contributed by atoms with Crippen LogP contribution in [-0.2, 0) is 6.54 Å². The quantitative estimate of drug-likeness (QED) is 0.799. The molecular formula is C16H24N8O. The molecule has 1 aliphatic rings. The van der Waals surface area contributed by atoms with Crippen LogP contribution in [0.2, 0.25) is 0 Å². The lowest BCUT2D eigenvalue weighted by Gasteiger charge is -2.35. The second-order valence-electron chi connectivity index (χ2n) is 6.05. The normalized spacial score (nSPS) is 14.6. The van der Waals surface area contributed by atoms with Gasteiger partial charge < -0.3 is 15.1 Å². The molecule has 0 unspecified atom stereocenters. The van der Waals surface area contributed by atoms with E-state index >= 15 is 0 Å². The van der Waals surface area contributed by atoms with Crippen LogP contribution >= 0.6 is 0 Å². The molecule has 2 aromatic rings. The van der Waals surface area contributed by atoms with E-state index in [0.29, 0.717) is 19.6 Å². The third kappa shape index (κ3) is 4.43. The second kappa shape index (κ2) is 7.91. The fourth-order valence-corrected chi connectivity index (χ4v) is 2.90. The van der Waals surface area contributed by atoms with Crippen LogP contribution < -0.4 is 10.2 Å². The van der Waals surface area contributed by atoms with E-state index in [-0.39, 0.29) is 6.03 Å². The van der Waals surface area contributed by atoms with E-state index in [2.05, 4.69) is 30.3 Å². The Labute approximate surface area is 147 Å². The zero-order chi connectivity index (χ0) is 17.6. The molecule has 0 saturated carbocycles. The topological polar surface area (TPSA) is 92.1 Å². The number of urea groups is 1. The SMILES string of the molecule is Cc1nc(C)n(CCCNC(=O)N2CCN(c3cnccn3)CC2)n1. The van der Waals surface area contributed by atoms with Crippen molar-refractivity contribution in [3.8, 4) is 0 Å². The molecule has 9 nitrogen and oxygen atoms in total. The summed E-state index contributed by atoms with van der Waals surface area (Å²) in [6.45, 7) is 8.11. The van der Waals surface area contributed by atoms with Crippen molar-refractivity contribution in [2.45, 2.75) is 26.8 Å². The number of rotatable bonds is 5. The standard InChI is InChI=1S/C16H24N8O/c1-13-20-14(2)24(21-13)7-3-4-19-16(25)23-10-8-22(9-11-23)15-12-17-5-6-18-15/h5-6,12H,3-4,7-11H2,1-2H3,(H,19,25). The van der Waals surface area contributed by atoms with Crippen molar-refractivity contribution in [3.63, 3.8) is 0 Å². The first-order valence-corrected chi connectivity index (χ1v) is 8.55. The Hall–Kier alpha value is -2.71. The molecule has 0 spiro atoms. The van der Waals surface area contributed by atoms with Crippen LogP contribution in [0.4, 0.5) is 10.6 Å². The number of hydrogen-bond acceptors (Lipinski definition) is 6. The van der Waals surface area contributed by atoms with E-state index in [1.807, 2.05) is 23.4 Å². The number of anilines is 1. The van der Waals surface area contributed by atoms with Crippen molar-refractivity contribution in [1.29, 1.82) is 0 Å². The van der Waals surface area contributed by atoms with Crippen LogP contribution in [0.15, 0.2) is 18.6 Å². The second-order valence-corrected chi connectivity index (χ2v) is 6.05. The average Bonchev–Trinajstić information content (AvgIpc) is 2.97. The summed E-state index contributed by atoms with van der Waals surface area (Å²) in [5.41, 5.74) is 0. The maximum atomic E-state index is 12.3. The maximum Gasteiger partial charge on any atom is 0.317 e. The van der Waals surface area contributed by atoms with Crippen LogP contribution in [-0.4, -0.2) is 68.4 Å². The van der Waals surface area contributed by atoms with Crippen molar-refractivity contribution in [3.05, 3.63) is 30.2 Å². The van der Waals surface area contributed by atoms with Gasteiger partial charge in [-0.1, -0.05) is 0 Å². The smallest absolute Gasteiger partial charge is 0.317 e. The fraction of sp³-hybridized carbons (Fsp3) is 0.562. The van der Waals surface area contributed by atoms with E-state index in [0.717, 1.165) is 43.5 Å². The highest BCUT2D eigenvalue weighted by Crippen LogP contribution is 2.11. The maximum absolute atomic E-state index is 12.3. The number of aromatic nitrogens is 5.